The highest BCUT2D eigenvalue weighted by Gasteiger charge is 2.48. The fourth-order valence-electron chi connectivity index (χ4n) is 2.06. The van der Waals surface area contributed by atoms with Crippen molar-refractivity contribution in [3.8, 4) is 0 Å². The van der Waals surface area contributed by atoms with Gasteiger partial charge in [-0.1, -0.05) is 24.3 Å². The molecule has 0 spiro atoms. The zero-order valence-corrected chi connectivity index (χ0v) is 13.2. The molecule has 22 heavy (non-hydrogen) atoms. The van der Waals surface area contributed by atoms with Crippen LogP contribution >= 0.6 is 0 Å². The maximum absolute atomic E-state index is 11.9. The van der Waals surface area contributed by atoms with Crippen LogP contribution in [0.15, 0.2) is 24.3 Å². The van der Waals surface area contributed by atoms with Crippen molar-refractivity contribution in [3.63, 3.8) is 0 Å². The third-order valence-corrected chi connectivity index (χ3v) is 5.26. The molecular formula is C10H14N2O8S2. The van der Waals surface area contributed by atoms with E-state index in [0.717, 1.165) is 12.1 Å². The average Bonchev–Trinajstić information content (AvgIpc) is 2.30. The Labute approximate surface area is 126 Å². The molecule has 124 valence electrons. The van der Waals surface area contributed by atoms with Gasteiger partial charge in [-0.05, 0) is 0 Å². The summed E-state index contributed by atoms with van der Waals surface area (Å²) < 4.78 is 66.5. The molecule has 0 amide bonds. The van der Waals surface area contributed by atoms with E-state index >= 15 is 0 Å². The van der Waals surface area contributed by atoms with Crippen LogP contribution in [-0.2, 0) is 20.2 Å². The number of hydrogen-bond acceptors (Lipinski definition) is 8. The van der Waals surface area contributed by atoms with E-state index < -0.39 is 42.3 Å². The summed E-state index contributed by atoms with van der Waals surface area (Å²) in [6.07, 6.45) is 0. The number of Topliss-reactive ketones (excluding diaryl/α,β-unsaturated/α-hetero) is 2. The van der Waals surface area contributed by atoms with Crippen LogP contribution in [0.25, 0.3) is 0 Å². The summed E-state index contributed by atoms with van der Waals surface area (Å²) in [4.78, 5) is 23.9. The van der Waals surface area contributed by atoms with Gasteiger partial charge in [-0.2, -0.15) is 0 Å². The molecule has 2 unspecified atom stereocenters. The lowest BCUT2D eigenvalue weighted by molar-refractivity contribution is 0.0890. The molecular weight excluding hydrogens is 340 g/mol. The Morgan fingerprint density at radius 1 is 0.727 bits per heavy atom. The summed E-state index contributed by atoms with van der Waals surface area (Å²) in [6, 6.07) is 4.79. The normalized spacial score (nSPS) is 21.4. The van der Waals surface area contributed by atoms with Gasteiger partial charge in [0.25, 0.3) is 0 Å². The monoisotopic (exact) mass is 354 g/mol. The van der Waals surface area contributed by atoms with E-state index in [2.05, 4.69) is 0 Å². The van der Waals surface area contributed by atoms with Crippen molar-refractivity contribution >= 4 is 31.8 Å². The van der Waals surface area contributed by atoms with Crippen molar-refractivity contribution in [2.75, 3.05) is 0 Å². The van der Waals surface area contributed by atoms with E-state index in [9.17, 15) is 35.5 Å². The molecule has 0 aromatic heterocycles. The first-order chi connectivity index (χ1) is 9.05. The molecule has 0 saturated heterocycles. The van der Waals surface area contributed by atoms with Gasteiger partial charge in [0, 0.05) is 11.1 Å². The van der Waals surface area contributed by atoms with E-state index in [-0.39, 0.29) is 23.4 Å². The van der Waals surface area contributed by atoms with Gasteiger partial charge in [0.2, 0.25) is 0 Å². The third-order valence-electron chi connectivity index (χ3n) is 2.87. The van der Waals surface area contributed by atoms with E-state index in [0.29, 0.717) is 0 Å². The lowest BCUT2D eigenvalue weighted by atomic mass is 9.89. The molecule has 0 heterocycles. The lowest BCUT2D eigenvalue weighted by Crippen LogP contribution is -2.53. The van der Waals surface area contributed by atoms with Gasteiger partial charge in [-0.3, -0.25) is 9.59 Å². The fraction of sp³-hybridized carbons (Fsp3) is 0.200. The molecule has 0 fully saturated rings. The molecule has 0 aliphatic heterocycles. The molecule has 2 atom stereocenters. The van der Waals surface area contributed by atoms with Gasteiger partial charge in [0.15, 0.2) is 11.6 Å². The molecule has 0 saturated carbocycles. The Balaban J connectivity index is 0.00000220. The highest BCUT2D eigenvalue weighted by molar-refractivity contribution is 7.91. The lowest BCUT2D eigenvalue weighted by Gasteiger charge is -2.33. The Kier molecular flexibility index (Phi) is 5.72. The Hall–Kier alpha value is -1.70. The summed E-state index contributed by atoms with van der Waals surface area (Å²) in [5, 5.41) is -5.49. The van der Waals surface area contributed by atoms with Gasteiger partial charge in [0.05, 0.1) is 0 Å². The van der Waals surface area contributed by atoms with Gasteiger partial charge < -0.3 is 21.4 Å². The minimum Gasteiger partial charge on any atom is -0.747 e. The second-order valence-electron chi connectivity index (χ2n) is 4.10. The number of fused-ring (bicyclic) bond motifs is 1. The molecule has 1 aromatic rings. The minimum absolute atomic E-state index is 0. The fourth-order valence-corrected chi connectivity index (χ4v) is 4.51. The number of hydrogen-bond donors (Lipinski definition) is 2. The molecule has 1 aromatic carbocycles. The predicted molar refractivity (Wildman–Crippen MR) is 74.0 cm³/mol. The largest absolute Gasteiger partial charge is 0.747 e. The van der Waals surface area contributed by atoms with Crippen LogP contribution in [0.1, 0.15) is 20.7 Å². The minimum atomic E-state index is -5.48. The van der Waals surface area contributed by atoms with Crippen molar-refractivity contribution in [3.05, 3.63) is 35.4 Å². The first-order valence-electron chi connectivity index (χ1n) is 5.12. The molecule has 12 heteroatoms. The number of carbonyl (C=O) groups excluding carboxylic acids is 2. The zero-order chi connectivity index (χ0) is 15.3. The van der Waals surface area contributed by atoms with E-state index in [4.69, 9.17) is 0 Å². The maximum Gasteiger partial charge on any atom is 0.182 e. The molecule has 10 nitrogen and oxygen atoms in total. The van der Waals surface area contributed by atoms with Crippen LogP contribution in [0.5, 0.6) is 0 Å². The van der Waals surface area contributed by atoms with Gasteiger partial charge in [-0.25, -0.2) is 16.8 Å². The Bertz CT molecular complexity index is 746. The maximum atomic E-state index is 11.9. The number of carbonyl (C=O) groups is 2. The van der Waals surface area contributed by atoms with Crippen molar-refractivity contribution < 1.29 is 35.5 Å². The van der Waals surface area contributed by atoms with Crippen LogP contribution in [0.3, 0.4) is 0 Å². The SMILES string of the molecule is O=C1c2ccccc2C(=O)C(S(=O)(=O)[O-])C1S(=O)(=O)[O-].[NH4+].[NH4+]. The van der Waals surface area contributed by atoms with Crippen LogP contribution < -0.4 is 12.3 Å². The summed E-state index contributed by atoms with van der Waals surface area (Å²) in [5.74, 6) is -2.72. The molecule has 1 aliphatic rings. The van der Waals surface area contributed by atoms with Crippen molar-refractivity contribution in [2.24, 2.45) is 0 Å². The number of rotatable bonds is 2. The Morgan fingerprint density at radius 2 is 1.00 bits per heavy atom. The Morgan fingerprint density at radius 3 is 1.23 bits per heavy atom. The smallest absolute Gasteiger partial charge is 0.182 e. The number of quaternary nitrogens is 2. The zero-order valence-electron chi connectivity index (χ0n) is 11.5. The summed E-state index contributed by atoms with van der Waals surface area (Å²) >= 11 is 0. The van der Waals surface area contributed by atoms with Crippen molar-refractivity contribution in [1.29, 1.82) is 0 Å². The molecule has 0 bridgehead atoms. The third kappa shape index (κ3) is 3.21. The van der Waals surface area contributed by atoms with Gasteiger partial charge in [-0.15, -0.1) is 0 Å². The molecule has 1 aliphatic carbocycles. The highest BCUT2D eigenvalue weighted by atomic mass is 32.2. The first kappa shape index (κ1) is 20.3. The number of ketones is 2. The van der Waals surface area contributed by atoms with Gasteiger partial charge in [0.1, 0.15) is 30.7 Å². The predicted octanol–water partition coefficient (Wildman–Crippen LogP) is -0.354. The van der Waals surface area contributed by atoms with E-state index in [1.165, 1.54) is 12.1 Å². The first-order valence-corrected chi connectivity index (χ1v) is 8.06. The summed E-state index contributed by atoms with van der Waals surface area (Å²) in [5.41, 5.74) is -0.774. The summed E-state index contributed by atoms with van der Waals surface area (Å²) in [6.45, 7) is 0. The quantitative estimate of drug-likeness (QED) is 0.665. The molecule has 2 rings (SSSR count). The molecule has 8 N–H and O–H groups in total. The van der Waals surface area contributed by atoms with E-state index in [1.54, 1.807) is 0 Å². The van der Waals surface area contributed by atoms with Crippen LogP contribution in [0.4, 0.5) is 0 Å². The number of benzene rings is 1. The topological polar surface area (TPSA) is 222 Å². The van der Waals surface area contributed by atoms with Crippen LogP contribution in [0, 0.1) is 0 Å². The second-order valence-corrected chi connectivity index (χ2v) is 7.09. The highest BCUT2D eigenvalue weighted by Crippen LogP contribution is 2.29. The average molecular weight is 354 g/mol. The van der Waals surface area contributed by atoms with Crippen LogP contribution in [-0.4, -0.2) is 48.0 Å². The second kappa shape index (κ2) is 6.20. The van der Waals surface area contributed by atoms with Crippen LogP contribution in [0.2, 0.25) is 0 Å². The van der Waals surface area contributed by atoms with Crippen molar-refractivity contribution in [2.45, 2.75) is 10.5 Å². The van der Waals surface area contributed by atoms with Crippen molar-refractivity contribution in [1.82, 2.24) is 12.3 Å². The molecule has 0 radical (unpaired) electrons. The van der Waals surface area contributed by atoms with Gasteiger partial charge >= 0.3 is 0 Å². The summed E-state index contributed by atoms with van der Waals surface area (Å²) in [7, 11) is -11.0. The standard InChI is InChI=1S/C10H8O8S2.2H3N/c11-7-5-3-1-2-4-6(5)8(12)10(20(16,17)18)9(7)19(13,14)15;;/h1-4,9-10H,(H,13,14,15)(H,16,17,18);2*1H3. The van der Waals surface area contributed by atoms with E-state index in [1.807, 2.05) is 0 Å².